The van der Waals surface area contributed by atoms with Gasteiger partial charge in [-0.3, -0.25) is 0 Å². The molecular weight excluding hydrogens is 222 g/mol. The van der Waals surface area contributed by atoms with Crippen molar-refractivity contribution in [3.05, 3.63) is 23.4 Å². The normalized spacial score (nSPS) is 12.8. The predicted octanol–water partition coefficient (Wildman–Crippen LogP) is 2.91. The van der Waals surface area contributed by atoms with Crippen LogP contribution >= 0.6 is 11.6 Å². The molecule has 3 nitrogen and oxygen atoms in total. The van der Waals surface area contributed by atoms with Gasteiger partial charge in [-0.25, -0.2) is 4.98 Å². The molecule has 0 saturated carbocycles. The molecule has 0 bridgehead atoms. The molecule has 1 unspecified atom stereocenters. The van der Waals surface area contributed by atoms with Gasteiger partial charge in [0, 0.05) is 18.8 Å². The lowest BCUT2D eigenvalue weighted by molar-refractivity contribution is 0.407. The van der Waals surface area contributed by atoms with E-state index in [9.17, 15) is 0 Å². The maximum Gasteiger partial charge on any atom is 0.126 e. The molecule has 3 N–H and O–H groups in total. The molecule has 1 aromatic heterocycles. The Bertz CT molecular complexity index is 296. The third kappa shape index (κ3) is 3.99. The van der Waals surface area contributed by atoms with Gasteiger partial charge in [0.15, 0.2) is 0 Å². The van der Waals surface area contributed by atoms with E-state index in [0.29, 0.717) is 10.9 Å². The lowest BCUT2D eigenvalue weighted by atomic mass is 9.95. The lowest BCUT2D eigenvalue weighted by Crippen LogP contribution is -2.36. The molecule has 1 atom stereocenters. The van der Waals surface area contributed by atoms with Crippen LogP contribution in [-0.2, 0) is 0 Å². The molecule has 0 radical (unpaired) electrons. The van der Waals surface area contributed by atoms with E-state index in [4.69, 9.17) is 17.3 Å². The first-order chi connectivity index (χ1) is 7.67. The third-order valence-corrected chi connectivity index (χ3v) is 3.12. The van der Waals surface area contributed by atoms with Crippen LogP contribution in [0.2, 0.25) is 5.02 Å². The standard InChI is InChI=1S/C12H20ClN3/c1-3-9(4-2)11(14)8-16-12-6-5-10(13)7-15-12/h5-7,9,11H,3-4,8,14H2,1-2H3,(H,15,16). The SMILES string of the molecule is CCC(CC)C(N)CNc1ccc(Cl)cn1. The van der Waals surface area contributed by atoms with Crippen molar-refractivity contribution >= 4 is 17.4 Å². The number of nitrogens with zero attached hydrogens (tertiary/aromatic N) is 1. The molecule has 4 heteroatoms. The molecule has 0 fully saturated rings. The highest BCUT2D eigenvalue weighted by molar-refractivity contribution is 6.30. The summed E-state index contributed by atoms with van der Waals surface area (Å²) in [4.78, 5) is 4.16. The van der Waals surface area contributed by atoms with Gasteiger partial charge in [0.1, 0.15) is 5.82 Å². The fraction of sp³-hybridized carbons (Fsp3) is 0.583. The Hall–Kier alpha value is -0.800. The Morgan fingerprint density at radius 3 is 2.56 bits per heavy atom. The number of hydrogen-bond acceptors (Lipinski definition) is 3. The summed E-state index contributed by atoms with van der Waals surface area (Å²) in [5.74, 6) is 1.39. The van der Waals surface area contributed by atoms with Gasteiger partial charge in [0.25, 0.3) is 0 Å². The zero-order valence-corrected chi connectivity index (χ0v) is 10.7. The van der Waals surface area contributed by atoms with E-state index in [1.165, 1.54) is 0 Å². The van der Waals surface area contributed by atoms with Crippen molar-refractivity contribution in [2.75, 3.05) is 11.9 Å². The fourth-order valence-electron chi connectivity index (χ4n) is 1.76. The van der Waals surface area contributed by atoms with Gasteiger partial charge in [0.05, 0.1) is 5.02 Å². The highest BCUT2D eigenvalue weighted by atomic mass is 35.5. The molecule has 1 rings (SSSR count). The van der Waals surface area contributed by atoms with Crippen LogP contribution in [0.4, 0.5) is 5.82 Å². The van der Waals surface area contributed by atoms with E-state index < -0.39 is 0 Å². The maximum atomic E-state index is 6.10. The quantitative estimate of drug-likeness (QED) is 0.805. The zero-order chi connectivity index (χ0) is 12.0. The molecule has 1 aromatic rings. The van der Waals surface area contributed by atoms with Crippen LogP contribution in [0, 0.1) is 5.92 Å². The summed E-state index contributed by atoms with van der Waals surface area (Å²) in [5.41, 5.74) is 6.10. The number of pyridine rings is 1. The average Bonchev–Trinajstić information content (AvgIpc) is 2.30. The van der Waals surface area contributed by atoms with Crippen LogP contribution in [0.15, 0.2) is 18.3 Å². The van der Waals surface area contributed by atoms with Gasteiger partial charge in [0.2, 0.25) is 0 Å². The minimum Gasteiger partial charge on any atom is -0.369 e. The van der Waals surface area contributed by atoms with Gasteiger partial charge in [-0.2, -0.15) is 0 Å². The van der Waals surface area contributed by atoms with Crippen molar-refractivity contribution in [2.24, 2.45) is 11.7 Å². The van der Waals surface area contributed by atoms with Crippen molar-refractivity contribution in [1.82, 2.24) is 4.98 Å². The number of nitrogens with two attached hydrogens (primary N) is 1. The largest absolute Gasteiger partial charge is 0.369 e. The van der Waals surface area contributed by atoms with Crippen LogP contribution in [0.3, 0.4) is 0 Å². The molecule has 0 aliphatic rings. The molecule has 0 aromatic carbocycles. The molecule has 0 aliphatic carbocycles. The number of nitrogens with one attached hydrogen (secondary N) is 1. The van der Waals surface area contributed by atoms with Crippen LogP contribution < -0.4 is 11.1 Å². The second kappa shape index (κ2) is 6.71. The number of rotatable bonds is 6. The van der Waals surface area contributed by atoms with Crippen LogP contribution in [0.1, 0.15) is 26.7 Å². The second-order valence-electron chi connectivity index (χ2n) is 3.98. The maximum absolute atomic E-state index is 6.10. The van der Waals surface area contributed by atoms with Crippen molar-refractivity contribution in [3.8, 4) is 0 Å². The number of hydrogen-bond donors (Lipinski definition) is 2. The van der Waals surface area contributed by atoms with Crippen LogP contribution in [0.5, 0.6) is 0 Å². The molecule has 0 spiro atoms. The highest BCUT2D eigenvalue weighted by Crippen LogP contribution is 2.13. The van der Waals surface area contributed by atoms with Crippen molar-refractivity contribution < 1.29 is 0 Å². The third-order valence-electron chi connectivity index (χ3n) is 2.90. The first-order valence-corrected chi connectivity index (χ1v) is 6.16. The Morgan fingerprint density at radius 2 is 2.06 bits per heavy atom. The summed E-state index contributed by atoms with van der Waals surface area (Å²) in [7, 11) is 0. The van der Waals surface area contributed by atoms with Crippen molar-refractivity contribution in [2.45, 2.75) is 32.7 Å². The minimum atomic E-state index is 0.174. The summed E-state index contributed by atoms with van der Waals surface area (Å²) < 4.78 is 0. The Labute approximate surface area is 102 Å². The summed E-state index contributed by atoms with van der Waals surface area (Å²) in [6, 6.07) is 3.86. The van der Waals surface area contributed by atoms with Gasteiger partial charge >= 0.3 is 0 Å². The van der Waals surface area contributed by atoms with Gasteiger partial charge < -0.3 is 11.1 Å². The van der Waals surface area contributed by atoms with E-state index in [1.54, 1.807) is 6.20 Å². The molecule has 0 aliphatic heterocycles. The Kier molecular flexibility index (Phi) is 5.56. The lowest BCUT2D eigenvalue weighted by Gasteiger charge is -2.21. The molecule has 0 amide bonds. The molecule has 90 valence electrons. The van der Waals surface area contributed by atoms with E-state index >= 15 is 0 Å². The zero-order valence-electron chi connectivity index (χ0n) is 9.91. The molecule has 0 saturated heterocycles. The summed E-state index contributed by atoms with van der Waals surface area (Å²) >= 11 is 5.75. The Morgan fingerprint density at radius 1 is 1.38 bits per heavy atom. The monoisotopic (exact) mass is 241 g/mol. The second-order valence-corrected chi connectivity index (χ2v) is 4.42. The van der Waals surface area contributed by atoms with Crippen molar-refractivity contribution in [1.29, 1.82) is 0 Å². The molecular formula is C12H20ClN3. The smallest absolute Gasteiger partial charge is 0.126 e. The van der Waals surface area contributed by atoms with E-state index in [0.717, 1.165) is 25.2 Å². The number of halogens is 1. The van der Waals surface area contributed by atoms with E-state index in [2.05, 4.69) is 24.1 Å². The van der Waals surface area contributed by atoms with Gasteiger partial charge in [-0.15, -0.1) is 0 Å². The highest BCUT2D eigenvalue weighted by Gasteiger charge is 2.13. The van der Waals surface area contributed by atoms with Crippen LogP contribution in [-0.4, -0.2) is 17.6 Å². The molecule has 1 heterocycles. The van der Waals surface area contributed by atoms with Gasteiger partial charge in [-0.05, 0) is 18.1 Å². The van der Waals surface area contributed by atoms with E-state index in [-0.39, 0.29) is 6.04 Å². The fourth-order valence-corrected chi connectivity index (χ4v) is 1.88. The predicted molar refractivity (Wildman–Crippen MR) is 69.8 cm³/mol. The average molecular weight is 242 g/mol. The Balaban J connectivity index is 2.42. The first kappa shape index (κ1) is 13.3. The summed E-state index contributed by atoms with van der Waals surface area (Å²) in [6.07, 6.45) is 3.87. The number of aromatic nitrogens is 1. The van der Waals surface area contributed by atoms with Crippen LogP contribution in [0.25, 0.3) is 0 Å². The minimum absolute atomic E-state index is 0.174. The number of anilines is 1. The van der Waals surface area contributed by atoms with Crippen molar-refractivity contribution in [3.63, 3.8) is 0 Å². The van der Waals surface area contributed by atoms with E-state index in [1.807, 2.05) is 12.1 Å². The summed E-state index contributed by atoms with van der Waals surface area (Å²) in [6.45, 7) is 5.10. The first-order valence-electron chi connectivity index (χ1n) is 5.78. The summed E-state index contributed by atoms with van der Waals surface area (Å²) in [5, 5.41) is 3.87. The molecule has 16 heavy (non-hydrogen) atoms. The topological polar surface area (TPSA) is 50.9 Å². The van der Waals surface area contributed by atoms with Gasteiger partial charge in [-0.1, -0.05) is 38.3 Å².